The third-order valence-electron chi connectivity index (χ3n) is 6.12. The molecule has 4 rings (SSSR count). The molecule has 6 heteroatoms. The van der Waals surface area contributed by atoms with Crippen molar-refractivity contribution in [2.75, 3.05) is 31.6 Å². The van der Waals surface area contributed by atoms with Crippen molar-refractivity contribution in [3.05, 3.63) is 65.7 Å². The molecule has 4 nitrogen and oxygen atoms in total. The van der Waals surface area contributed by atoms with Crippen LogP contribution < -0.4 is 4.90 Å². The van der Waals surface area contributed by atoms with Crippen molar-refractivity contribution < 1.29 is 18.3 Å². The molecule has 0 aromatic heterocycles. The van der Waals surface area contributed by atoms with E-state index in [2.05, 4.69) is 4.90 Å². The number of amides is 1. The molecule has 1 spiro atoms. The number of hydrogen-bond donors (Lipinski definition) is 0. The highest BCUT2D eigenvalue weighted by molar-refractivity contribution is 5.79. The van der Waals surface area contributed by atoms with E-state index in [1.807, 2.05) is 11.0 Å². The maximum absolute atomic E-state index is 13.7. The fourth-order valence-electron chi connectivity index (χ4n) is 4.55. The Morgan fingerprint density at radius 2 is 1.79 bits per heavy atom. The molecule has 1 atom stereocenters. The van der Waals surface area contributed by atoms with Crippen molar-refractivity contribution in [1.29, 1.82) is 0 Å². The van der Waals surface area contributed by atoms with Crippen LogP contribution in [0.25, 0.3) is 0 Å². The minimum absolute atomic E-state index is 0.00560. The molecular weight excluding hydrogens is 362 g/mol. The highest BCUT2D eigenvalue weighted by atomic mass is 19.1. The van der Waals surface area contributed by atoms with Crippen LogP contribution in [0.2, 0.25) is 0 Å². The summed E-state index contributed by atoms with van der Waals surface area (Å²) in [6.45, 7) is 1.94. The number of benzene rings is 2. The summed E-state index contributed by atoms with van der Waals surface area (Å²) in [5, 5.41) is 0. The van der Waals surface area contributed by atoms with Crippen LogP contribution in [-0.4, -0.2) is 49.2 Å². The molecule has 0 saturated carbocycles. The molecule has 2 aromatic rings. The van der Waals surface area contributed by atoms with Gasteiger partial charge in [0.2, 0.25) is 5.91 Å². The van der Waals surface area contributed by atoms with Gasteiger partial charge in [-0.2, -0.15) is 0 Å². The smallest absolute Gasteiger partial charge is 0.226 e. The Morgan fingerprint density at radius 3 is 2.43 bits per heavy atom. The highest BCUT2D eigenvalue weighted by Gasteiger charge is 2.55. The van der Waals surface area contributed by atoms with Crippen LogP contribution in [0.4, 0.5) is 14.5 Å². The van der Waals surface area contributed by atoms with Gasteiger partial charge < -0.3 is 14.5 Å². The number of piperidine rings is 1. The van der Waals surface area contributed by atoms with Crippen LogP contribution in [0.1, 0.15) is 18.4 Å². The highest BCUT2D eigenvalue weighted by Crippen LogP contribution is 2.44. The number of hydrogen-bond acceptors (Lipinski definition) is 3. The maximum atomic E-state index is 13.7. The fourth-order valence-corrected chi connectivity index (χ4v) is 4.55. The molecule has 0 N–H and O–H groups in total. The first-order chi connectivity index (χ1) is 13.5. The number of nitrogens with zero attached hydrogens (tertiary/aromatic N) is 2. The van der Waals surface area contributed by atoms with Crippen LogP contribution in [0.5, 0.6) is 0 Å². The van der Waals surface area contributed by atoms with E-state index in [-0.39, 0.29) is 35.6 Å². The van der Waals surface area contributed by atoms with Gasteiger partial charge in [0, 0.05) is 32.4 Å². The molecule has 2 fully saturated rings. The minimum atomic E-state index is -0.328. The van der Waals surface area contributed by atoms with Crippen molar-refractivity contribution in [1.82, 2.24) is 4.90 Å². The number of carbonyl (C=O) groups is 1. The van der Waals surface area contributed by atoms with E-state index >= 15 is 0 Å². The quantitative estimate of drug-likeness (QED) is 0.807. The van der Waals surface area contributed by atoms with E-state index in [4.69, 9.17) is 4.74 Å². The average Bonchev–Trinajstić information content (AvgIpc) is 2.68. The van der Waals surface area contributed by atoms with Crippen molar-refractivity contribution in [2.45, 2.75) is 30.9 Å². The van der Waals surface area contributed by atoms with Crippen molar-refractivity contribution in [3.8, 4) is 0 Å². The predicted octanol–water partition coefficient (Wildman–Crippen LogP) is 3.40. The van der Waals surface area contributed by atoms with Gasteiger partial charge in [-0.15, -0.1) is 0 Å². The number of anilines is 1. The largest absolute Gasteiger partial charge is 0.377 e. The topological polar surface area (TPSA) is 32.8 Å². The molecule has 2 aromatic carbocycles. The van der Waals surface area contributed by atoms with Crippen LogP contribution in [0, 0.1) is 11.6 Å². The van der Waals surface area contributed by atoms with Gasteiger partial charge >= 0.3 is 0 Å². The summed E-state index contributed by atoms with van der Waals surface area (Å²) in [7, 11) is 1.71. The van der Waals surface area contributed by atoms with Crippen LogP contribution in [0.15, 0.2) is 48.5 Å². The molecule has 0 bridgehead atoms. The number of rotatable bonds is 4. The first-order valence-corrected chi connectivity index (χ1v) is 9.60. The standard InChI is InChI=1S/C22H24F2N2O2/c1-28-20-15-26(19-7-3-6-18(24)14-19)22(20)8-10-25(11-9-22)21(27)13-16-4-2-5-17(23)12-16/h2-7,12,14,20H,8-11,13,15H2,1H3. The molecule has 2 heterocycles. The summed E-state index contributed by atoms with van der Waals surface area (Å²) >= 11 is 0. The van der Waals surface area contributed by atoms with Crippen LogP contribution >= 0.6 is 0 Å². The number of ether oxygens (including phenoxy) is 1. The second kappa shape index (κ2) is 7.51. The fraction of sp³-hybridized carbons (Fsp3) is 0.409. The monoisotopic (exact) mass is 386 g/mol. The minimum Gasteiger partial charge on any atom is -0.377 e. The summed E-state index contributed by atoms with van der Waals surface area (Å²) in [6, 6.07) is 12.8. The van der Waals surface area contributed by atoms with E-state index in [9.17, 15) is 13.6 Å². The van der Waals surface area contributed by atoms with Gasteiger partial charge in [0.05, 0.1) is 18.1 Å². The van der Waals surface area contributed by atoms with E-state index in [1.165, 1.54) is 18.2 Å². The van der Waals surface area contributed by atoms with Crippen molar-refractivity contribution >= 4 is 11.6 Å². The maximum Gasteiger partial charge on any atom is 0.226 e. The van der Waals surface area contributed by atoms with Gasteiger partial charge in [0.15, 0.2) is 0 Å². The Hall–Kier alpha value is -2.47. The molecule has 28 heavy (non-hydrogen) atoms. The molecule has 2 saturated heterocycles. The normalized spacial score (nSPS) is 20.9. The van der Waals surface area contributed by atoms with Gasteiger partial charge in [-0.1, -0.05) is 18.2 Å². The van der Waals surface area contributed by atoms with Crippen molar-refractivity contribution in [3.63, 3.8) is 0 Å². The lowest BCUT2D eigenvalue weighted by molar-refractivity contribution is -0.134. The molecule has 2 aliphatic rings. The predicted molar refractivity (Wildman–Crippen MR) is 103 cm³/mol. The number of halogens is 2. The third-order valence-corrected chi connectivity index (χ3v) is 6.12. The van der Waals surface area contributed by atoms with Gasteiger partial charge in [0.1, 0.15) is 11.6 Å². The van der Waals surface area contributed by atoms with E-state index in [1.54, 1.807) is 31.4 Å². The zero-order valence-corrected chi connectivity index (χ0v) is 15.9. The molecular formula is C22H24F2N2O2. The summed E-state index contributed by atoms with van der Waals surface area (Å²) in [6.07, 6.45) is 1.79. The van der Waals surface area contributed by atoms with Gasteiger partial charge in [-0.3, -0.25) is 4.79 Å². The van der Waals surface area contributed by atoms with Crippen LogP contribution in [0.3, 0.4) is 0 Å². The van der Waals surface area contributed by atoms with Gasteiger partial charge in [-0.05, 0) is 48.7 Å². The average molecular weight is 386 g/mol. The SMILES string of the molecule is COC1CN(c2cccc(F)c2)C12CCN(C(=O)Cc1cccc(F)c1)CC2. The third kappa shape index (κ3) is 3.37. The lowest BCUT2D eigenvalue weighted by Crippen LogP contribution is -2.74. The zero-order chi connectivity index (χ0) is 19.7. The molecule has 0 radical (unpaired) electrons. The summed E-state index contributed by atoms with van der Waals surface area (Å²) in [5.74, 6) is -0.576. The Labute approximate surface area is 163 Å². The van der Waals surface area contributed by atoms with Gasteiger partial charge in [-0.25, -0.2) is 8.78 Å². The summed E-state index contributed by atoms with van der Waals surface area (Å²) in [4.78, 5) is 16.7. The van der Waals surface area contributed by atoms with Gasteiger partial charge in [0.25, 0.3) is 0 Å². The molecule has 1 amide bonds. The Kier molecular flexibility index (Phi) is 5.06. The van der Waals surface area contributed by atoms with E-state index < -0.39 is 0 Å². The van der Waals surface area contributed by atoms with Crippen LogP contribution in [-0.2, 0) is 16.0 Å². The van der Waals surface area contributed by atoms with E-state index in [0.29, 0.717) is 18.7 Å². The molecule has 148 valence electrons. The Morgan fingerprint density at radius 1 is 1.11 bits per heavy atom. The Balaban J connectivity index is 1.44. The first-order valence-electron chi connectivity index (χ1n) is 9.60. The molecule has 1 unspecified atom stereocenters. The summed E-state index contributed by atoms with van der Waals surface area (Å²) < 4.78 is 32.7. The molecule has 0 aliphatic carbocycles. The Bertz CT molecular complexity index is 865. The zero-order valence-electron chi connectivity index (χ0n) is 15.9. The van der Waals surface area contributed by atoms with E-state index in [0.717, 1.165) is 25.1 Å². The van der Waals surface area contributed by atoms with Crippen molar-refractivity contribution in [2.24, 2.45) is 0 Å². The number of carbonyl (C=O) groups excluding carboxylic acids is 1. The molecule has 2 aliphatic heterocycles. The lowest BCUT2D eigenvalue weighted by atomic mass is 9.73. The first kappa shape index (κ1) is 18.9. The number of methoxy groups -OCH3 is 1. The summed E-state index contributed by atoms with van der Waals surface area (Å²) in [5.41, 5.74) is 1.33. The lowest BCUT2D eigenvalue weighted by Gasteiger charge is -2.61. The number of likely N-dealkylation sites (tertiary alicyclic amines) is 1. The second-order valence-electron chi connectivity index (χ2n) is 7.61. The second-order valence-corrected chi connectivity index (χ2v) is 7.61.